The third-order valence-corrected chi connectivity index (χ3v) is 5.86. The first-order chi connectivity index (χ1) is 15.4. The Morgan fingerprint density at radius 2 is 1.72 bits per heavy atom. The average molecular weight is 426 g/mol. The first kappa shape index (κ1) is 21.3. The number of primary amides is 1. The quantitative estimate of drug-likeness (QED) is 0.400. The van der Waals surface area contributed by atoms with Crippen molar-refractivity contribution >= 4 is 11.7 Å². The van der Waals surface area contributed by atoms with Crippen LogP contribution in [0.15, 0.2) is 60.9 Å². The summed E-state index contributed by atoms with van der Waals surface area (Å²) in [5, 5.41) is 10.6. The minimum atomic E-state index is -0.500. The Morgan fingerprint density at radius 1 is 1.00 bits per heavy atom. The molecule has 0 aliphatic heterocycles. The van der Waals surface area contributed by atoms with E-state index in [9.17, 15) is 4.79 Å². The number of nitrogens with zero attached hydrogens (tertiary/aromatic N) is 2. The molecule has 0 spiro atoms. The van der Waals surface area contributed by atoms with Gasteiger partial charge in [0.2, 0.25) is 0 Å². The number of aromatic amines is 1. The highest BCUT2D eigenvalue weighted by Crippen LogP contribution is 2.23. The van der Waals surface area contributed by atoms with E-state index in [1.54, 1.807) is 6.20 Å². The molecular formula is C26H27N5O. The predicted molar refractivity (Wildman–Crippen MR) is 128 cm³/mol. The summed E-state index contributed by atoms with van der Waals surface area (Å²) in [6.07, 6.45) is 4.13. The van der Waals surface area contributed by atoms with Gasteiger partial charge in [0.25, 0.3) is 5.91 Å². The number of anilines is 1. The van der Waals surface area contributed by atoms with Crippen molar-refractivity contribution in [2.45, 2.75) is 33.7 Å². The molecule has 0 fully saturated rings. The predicted octanol–water partition coefficient (Wildman–Crippen LogP) is 4.70. The number of rotatable bonds is 7. The van der Waals surface area contributed by atoms with E-state index in [0.717, 1.165) is 22.3 Å². The van der Waals surface area contributed by atoms with Crippen molar-refractivity contribution in [2.75, 3.05) is 5.32 Å². The van der Waals surface area contributed by atoms with Gasteiger partial charge in [0, 0.05) is 25.4 Å². The van der Waals surface area contributed by atoms with Crippen molar-refractivity contribution in [1.29, 1.82) is 0 Å². The minimum absolute atomic E-state index is 0.405. The SMILES string of the molecule is Cc1cc(CNc2n[nH]c(Cc3ccc(-c4cccnc4)cc3)c2C(N)=O)cc(C)c1C. The number of nitrogens with two attached hydrogens (primary N) is 1. The number of pyridine rings is 1. The lowest BCUT2D eigenvalue weighted by Gasteiger charge is -2.10. The molecule has 0 saturated carbocycles. The second-order valence-electron chi connectivity index (χ2n) is 8.11. The van der Waals surface area contributed by atoms with Gasteiger partial charge in [-0.1, -0.05) is 42.5 Å². The van der Waals surface area contributed by atoms with Crippen LogP contribution in [0, 0.1) is 20.8 Å². The Bertz CT molecular complexity index is 1220. The van der Waals surface area contributed by atoms with E-state index < -0.39 is 5.91 Å². The van der Waals surface area contributed by atoms with Crippen molar-refractivity contribution in [3.63, 3.8) is 0 Å². The Morgan fingerprint density at radius 3 is 2.34 bits per heavy atom. The van der Waals surface area contributed by atoms with Crippen LogP contribution in [-0.2, 0) is 13.0 Å². The first-order valence-electron chi connectivity index (χ1n) is 10.6. The van der Waals surface area contributed by atoms with Gasteiger partial charge in [-0.2, -0.15) is 5.10 Å². The van der Waals surface area contributed by atoms with Crippen LogP contribution in [-0.4, -0.2) is 21.1 Å². The van der Waals surface area contributed by atoms with E-state index in [1.807, 2.05) is 42.6 Å². The van der Waals surface area contributed by atoms with Gasteiger partial charge >= 0.3 is 0 Å². The summed E-state index contributed by atoms with van der Waals surface area (Å²) >= 11 is 0. The van der Waals surface area contributed by atoms with Gasteiger partial charge in [0.1, 0.15) is 5.56 Å². The molecule has 0 aliphatic rings. The molecule has 0 saturated heterocycles. The summed E-state index contributed by atoms with van der Waals surface area (Å²) in [7, 11) is 0. The van der Waals surface area contributed by atoms with Crippen molar-refractivity contribution < 1.29 is 4.79 Å². The Balaban J connectivity index is 1.51. The molecule has 0 unspecified atom stereocenters. The number of H-pyrrole nitrogens is 1. The molecule has 4 aromatic rings. The molecule has 162 valence electrons. The fourth-order valence-corrected chi connectivity index (χ4v) is 3.87. The van der Waals surface area contributed by atoms with Crippen LogP contribution in [0.4, 0.5) is 5.82 Å². The van der Waals surface area contributed by atoms with Gasteiger partial charge in [0.15, 0.2) is 5.82 Å². The summed E-state index contributed by atoms with van der Waals surface area (Å²) in [4.78, 5) is 16.4. The topological polar surface area (TPSA) is 96.7 Å². The maximum Gasteiger partial charge on any atom is 0.254 e. The largest absolute Gasteiger partial charge is 0.365 e. The van der Waals surface area contributed by atoms with Gasteiger partial charge in [-0.3, -0.25) is 14.9 Å². The van der Waals surface area contributed by atoms with Crippen molar-refractivity contribution in [3.8, 4) is 11.1 Å². The number of hydrogen-bond donors (Lipinski definition) is 3. The van der Waals surface area contributed by atoms with E-state index >= 15 is 0 Å². The molecule has 0 aliphatic carbocycles. The number of aryl methyl sites for hydroxylation is 2. The Kier molecular flexibility index (Phi) is 6.03. The van der Waals surface area contributed by atoms with E-state index in [1.165, 1.54) is 16.7 Å². The summed E-state index contributed by atoms with van der Waals surface area (Å²) in [5.41, 5.74) is 14.9. The third kappa shape index (κ3) is 4.54. The van der Waals surface area contributed by atoms with Crippen molar-refractivity contribution in [3.05, 3.63) is 100.0 Å². The zero-order chi connectivity index (χ0) is 22.7. The van der Waals surface area contributed by atoms with Gasteiger partial charge in [-0.05, 0) is 65.8 Å². The van der Waals surface area contributed by atoms with E-state index in [-0.39, 0.29) is 0 Å². The highest BCUT2D eigenvalue weighted by Gasteiger charge is 2.18. The molecule has 2 heterocycles. The van der Waals surface area contributed by atoms with Crippen molar-refractivity contribution in [1.82, 2.24) is 15.2 Å². The lowest BCUT2D eigenvalue weighted by molar-refractivity contribution is 0.100. The minimum Gasteiger partial charge on any atom is -0.365 e. The maximum absolute atomic E-state index is 12.2. The lowest BCUT2D eigenvalue weighted by atomic mass is 10.0. The molecule has 2 aromatic heterocycles. The van der Waals surface area contributed by atoms with Gasteiger partial charge in [-0.25, -0.2) is 0 Å². The summed E-state index contributed by atoms with van der Waals surface area (Å²) in [5.74, 6) is -0.0186. The number of carbonyl (C=O) groups excluding carboxylic acids is 1. The van der Waals surface area contributed by atoms with Gasteiger partial charge in [0.05, 0.1) is 5.69 Å². The van der Waals surface area contributed by atoms with Gasteiger partial charge in [-0.15, -0.1) is 0 Å². The normalized spacial score (nSPS) is 10.8. The molecular weight excluding hydrogens is 398 g/mol. The zero-order valence-corrected chi connectivity index (χ0v) is 18.6. The number of carbonyl (C=O) groups is 1. The maximum atomic E-state index is 12.2. The second kappa shape index (κ2) is 9.06. The molecule has 2 aromatic carbocycles. The molecule has 0 radical (unpaired) electrons. The smallest absolute Gasteiger partial charge is 0.254 e. The number of benzene rings is 2. The molecule has 0 atom stereocenters. The summed E-state index contributed by atoms with van der Waals surface area (Å²) in [6, 6.07) is 16.4. The second-order valence-corrected chi connectivity index (χ2v) is 8.11. The molecule has 0 bridgehead atoms. The zero-order valence-electron chi connectivity index (χ0n) is 18.6. The van der Waals surface area contributed by atoms with E-state index in [2.05, 4.69) is 53.4 Å². The summed E-state index contributed by atoms with van der Waals surface area (Å²) < 4.78 is 0. The number of hydrogen-bond acceptors (Lipinski definition) is 4. The van der Waals surface area contributed by atoms with Crippen LogP contribution < -0.4 is 11.1 Å². The molecule has 1 amide bonds. The molecule has 6 nitrogen and oxygen atoms in total. The Hall–Kier alpha value is -3.93. The van der Waals surface area contributed by atoms with Crippen LogP contribution >= 0.6 is 0 Å². The van der Waals surface area contributed by atoms with Gasteiger partial charge < -0.3 is 11.1 Å². The highest BCUT2D eigenvalue weighted by molar-refractivity contribution is 5.99. The van der Waals surface area contributed by atoms with Crippen molar-refractivity contribution in [2.24, 2.45) is 5.73 Å². The molecule has 4 rings (SSSR count). The number of nitrogens with one attached hydrogen (secondary N) is 2. The van der Waals surface area contributed by atoms with Crippen LogP contribution in [0.25, 0.3) is 11.1 Å². The monoisotopic (exact) mass is 425 g/mol. The number of aromatic nitrogens is 3. The number of amides is 1. The molecule has 4 N–H and O–H groups in total. The molecule has 32 heavy (non-hydrogen) atoms. The third-order valence-electron chi connectivity index (χ3n) is 5.86. The van der Waals surface area contributed by atoms with Crippen LogP contribution in [0.2, 0.25) is 0 Å². The van der Waals surface area contributed by atoms with Crippen LogP contribution in [0.1, 0.15) is 43.9 Å². The molecule has 6 heteroatoms. The van der Waals surface area contributed by atoms with E-state index in [0.29, 0.717) is 30.0 Å². The standard InChI is InChI=1S/C26H27N5O/c1-16-11-20(12-17(2)18(16)3)14-29-26-24(25(27)32)23(30-31-26)13-19-6-8-21(9-7-19)22-5-4-10-28-15-22/h4-12,15H,13-14H2,1-3H3,(H2,27,32)(H2,29,30,31). The first-order valence-corrected chi connectivity index (χ1v) is 10.6. The highest BCUT2D eigenvalue weighted by atomic mass is 16.1. The average Bonchev–Trinajstić information content (AvgIpc) is 3.19. The van der Waals surface area contributed by atoms with Crippen LogP contribution in [0.3, 0.4) is 0 Å². The Labute approximate surface area is 187 Å². The lowest BCUT2D eigenvalue weighted by Crippen LogP contribution is -2.15. The van der Waals surface area contributed by atoms with Crippen LogP contribution in [0.5, 0.6) is 0 Å². The summed E-state index contributed by atoms with van der Waals surface area (Å²) in [6.45, 7) is 6.89. The van der Waals surface area contributed by atoms with E-state index in [4.69, 9.17) is 5.73 Å². The fourth-order valence-electron chi connectivity index (χ4n) is 3.87. The fraction of sp³-hybridized carbons (Fsp3) is 0.192.